The molecule has 0 unspecified atom stereocenters. The van der Waals surface area contributed by atoms with E-state index in [1.54, 1.807) is 6.07 Å². The van der Waals surface area contributed by atoms with Crippen LogP contribution in [0.15, 0.2) is 18.2 Å². The van der Waals surface area contributed by atoms with Gasteiger partial charge in [-0.3, -0.25) is 0 Å². The minimum absolute atomic E-state index is 0.482. The summed E-state index contributed by atoms with van der Waals surface area (Å²) in [6, 6.07) is 5.41. The van der Waals surface area contributed by atoms with Crippen LogP contribution in [-0.2, 0) is 16.1 Å². The van der Waals surface area contributed by atoms with E-state index < -0.39 is 0 Å². The Hall–Kier alpha value is -0.320. The van der Waals surface area contributed by atoms with Crippen molar-refractivity contribution in [2.45, 2.75) is 32.3 Å². The van der Waals surface area contributed by atoms with E-state index >= 15 is 0 Å². The van der Waals surface area contributed by atoms with Gasteiger partial charge in [0.1, 0.15) is 0 Å². The van der Waals surface area contributed by atoms with Crippen molar-refractivity contribution in [3.05, 3.63) is 33.8 Å². The summed E-state index contributed by atoms with van der Waals surface area (Å²) in [5, 5.41) is 1.27. The lowest BCUT2D eigenvalue weighted by atomic mass is 10.2. The predicted molar refractivity (Wildman–Crippen MR) is 84.5 cm³/mol. The molecule has 2 N–H and O–H groups in total. The maximum Gasteiger partial charge on any atom is 0.0732 e. The minimum atomic E-state index is 0.482. The Morgan fingerprint density at radius 3 is 2.40 bits per heavy atom. The molecule has 0 radical (unpaired) electrons. The van der Waals surface area contributed by atoms with Gasteiger partial charge in [0.25, 0.3) is 0 Å². The third-order valence-corrected chi connectivity index (χ3v) is 3.47. The molecule has 0 bridgehead atoms. The van der Waals surface area contributed by atoms with Crippen molar-refractivity contribution in [2.24, 2.45) is 5.73 Å². The van der Waals surface area contributed by atoms with Crippen LogP contribution in [-0.4, -0.2) is 26.4 Å². The molecule has 5 heteroatoms. The number of halogens is 2. The first-order valence-electron chi connectivity index (χ1n) is 7.03. The summed E-state index contributed by atoms with van der Waals surface area (Å²) in [7, 11) is 0. The zero-order valence-electron chi connectivity index (χ0n) is 11.7. The summed E-state index contributed by atoms with van der Waals surface area (Å²) in [6.07, 6.45) is 4.55. The average Bonchev–Trinajstić information content (AvgIpc) is 2.43. The van der Waals surface area contributed by atoms with E-state index in [1.165, 1.54) is 12.8 Å². The molecule has 0 aliphatic carbocycles. The van der Waals surface area contributed by atoms with Gasteiger partial charge in [0.05, 0.1) is 19.8 Å². The lowest BCUT2D eigenvalue weighted by molar-refractivity contribution is 0.0393. The fourth-order valence-corrected chi connectivity index (χ4v) is 2.21. The normalized spacial score (nSPS) is 10.9. The van der Waals surface area contributed by atoms with E-state index in [-0.39, 0.29) is 0 Å². The summed E-state index contributed by atoms with van der Waals surface area (Å²) in [6.45, 7) is 3.23. The quantitative estimate of drug-likeness (QED) is 0.626. The molecule has 0 heterocycles. The number of ether oxygens (including phenoxy) is 2. The van der Waals surface area contributed by atoms with Crippen LogP contribution in [0.3, 0.4) is 0 Å². The third kappa shape index (κ3) is 8.08. The Kier molecular flexibility index (Phi) is 10.1. The molecule has 114 valence electrons. The molecule has 0 atom stereocenters. The molecule has 0 amide bonds. The molecular weight excluding hydrogens is 297 g/mol. The predicted octanol–water partition coefficient (Wildman–Crippen LogP) is 4.05. The Morgan fingerprint density at radius 2 is 1.65 bits per heavy atom. The van der Waals surface area contributed by atoms with Crippen molar-refractivity contribution in [2.75, 3.05) is 26.4 Å². The minimum Gasteiger partial charge on any atom is -0.379 e. The molecule has 1 aromatic carbocycles. The number of hydrogen-bond donors (Lipinski definition) is 1. The Balaban J connectivity index is 1.97. The Morgan fingerprint density at radius 1 is 0.900 bits per heavy atom. The van der Waals surface area contributed by atoms with Gasteiger partial charge in [-0.15, -0.1) is 0 Å². The number of hydrogen-bond acceptors (Lipinski definition) is 3. The van der Waals surface area contributed by atoms with Gasteiger partial charge in [-0.2, -0.15) is 0 Å². The highest BCUT2D eigenvalue weighted by Gasteiger charge is 2.01. The van der Waals surface area contributed by atoms with Crippen molar-refractivity contribution in [3.8, 4) is 0 Å². The van der Waals surface area contributed by atoms with Gasteiger partial charge >= 0.3 is 0 Å². The molecule has 0 spiro atoms. The first-order valence-corrected chi connectivity index (χ1v) is 7.79. The smallest absolute Gasteiger partial charge is 0.0732 e. The van der Waals surface area contributed by atoms with Crippen LogP contribution in [0.5, 0.6) is 0 Å². The zero-order valence-corrected chi connectivity index (χ0v) is 13.3. The van der Waals surface area contributed by atoms with Crippen LogP contribution >= 0.6 is 23.2 Å². The summed E-state index contributed by atoms with van der Waals surface area (Å²) in [5.74, 6) is 0. The molecule has 0 saturated carbocycles. The lowest BCUT2D eigenvalue weighted by Crippen LogP contribution is -2.06. The fraction of sp³-hybridized carbons (Fsp3) is 0.600. The van der Waals surface area contributed by atoms with E-state index in [2.05, 4.69) is 0 Å². The number of rotatable bonds is 11. The average molecular weight is 320 g/mol. The number of nitrogens with two attached hydrogens (primary N) is 1. The van der Waals surface area contributed by atoms with Crippen molar-refractivity contribution in [1.82, 2.24) is 0 Å². The van der Waals surface area contributed by atoms with Gasteiger partial charge in [-0.1, -0.05) is 42.1 Å². The van der Waals surface area contributed by atoms with Crippen molar-refractivity contribution < 1.29 is 9.47 Å². The van der Waals surface area contributed by atoms with E-state index in [1.807, 2.05) is 12.1 Å². The second-order valence-corrected chi connectivity index (χ2v) is 5.45. The molecule has 0 saturated heterocycles. The van der Waals surface area contributed by atoms with Gasteiger partial charge in [0.15, 0.2) is 0 Å². The number of benzene rings is 1. The van der Waals surface area contributed by atoms with Gasteiger partial charge in [-0.25, -0.2) is 0 Å². The highest BCUT2D eigenvalue weighted by Crippen LogP contribution is 2.21. The maximum atomic E-state index is 6.05. The molecule has 0 aromatic heterocycles. The van der Waals surface area contributed by atoms with Crippen molar-refractivity contribution >= 4 is 23.2 Å². The fourth-order valence-electron chi connectivity index (χ4n) is 1.74. The first kappa shape index (κ1) is 17.7. The SMILES string of the molecule is NCCCCCCOCCOCc1ccc(Cl)cc1Cl. The molecule has 1 rings (SSSR count). The molecule has 0 fully saturated rings. The van der Waals surface area contributed by atoms with Gasteiger partial charge < -0.3 is 15.2 Å². The topological polar surface area (TPSA) is 44.5 Å². The van der Waals surface area contributed by atoms with Gasteiger partial charge in [-0.05, 0) is 37.1 Å². The molecule has 0 aliphatic heterocycles. The summed E-state index contributed by atoms with van der Waals surface area (Å²) < 4.78 is 11.0. The number of unbranched alkanes of at least 4 members (excludes halogenated alkanes) is 3. The standard InChI is InChI=1S/C15H23Cl2NO2/c16-14-6-5-13(15(17)11-14)12-20-10-9-19-8-4-2-1-3-7-18/h5-6,11H,1-4,7-10,12,18H2. The van der Waals surface area contributed by atoms with Gasteiger partial charge in [0.2, 0.25) is 0 Å². The molecule has 3 nitrogen and oxygen atoms in total. The molecule has 20 heavy (non-hydrogen) atoms. The third-order valence-electron chi connectivity index (χ3n) is 2.89. The van der Waals surface area contributed by atoms with E-state index in [0.29, 0.717) is 29.9 Å². The van der Waals surface area contributed by atoms with Crippen LogP contribution in [0, 0.1) is 0 Å². The summed E-state index contributed by atoms with van der Waals surface area (Å²) in [4.78, 5) is 0. The Labute approximate surface area is 131 Å². The molecular formula is C15H23Cl2NO2. The van der Waals surface area contributed by atoms with Crippen molar-refractivity contribution in [1.29, 1.82) is 0 Å². The largest absolute Gasteiger partial charge is 0.379 e. The Bertz CT molecular complexity index is 375. The molecule has 0 aliphatic rings. The van der Waals surface area contributed by atoms with Gasteiger partial charge in [0, 0.05) is 16.7 Å². The summed E-state index contributed by atoms with van der Waals surface area (Å²) >= 11 is 11.9. The lowest BCUT2D eigenvalue weighted by Gasteiger charge is -2.07. The second-order valence-electron chi connectivity index (χ2n) is 4.60. The highest BCUT2D eigenvalue weighted by atomic mass is 35.5. The maximum absolute atomic E-state index is 6.05. The van der Waals surface area contributed by atoms with E-state index in [0.717, 1.165) is 31.6 Å². The van der Waals surface area contributed by atoms with E-state index in [9.17, 15) is 0 Å². The highest BCUT2D eigenvalue weighted by molar-refractivity contribution is 6.35. The van der Waals surface area contributed by atoms with Crippen LogP contribution < -0.4 is 5.73 Å². The van der Waals surface area contributed by atoms with Crippen LogP contribution in [0.2, 0.25) is 10.0 Å². The zero-order chi connectivity index (χ0) is 14.6. The van der Waals surface area contributed by atoms with Crippen LogP contribution in [0.4, 0.5) is 0 Å². The van der Waals surface area contributed by atoms with E-state index in [4.69, 9.17) is 38.4 Å². The van der Waals surface area contributed by atoms with Crippen LogP contribution in [0.1, 0.15) is 31.2 Å². The monoisotopic (exact) mass is 319 g/mol. The summed E-state index contributed by atoms with van der Waals surface area (Å²) in [5.41, 5.74) is 6.37. The first-order chi connectivity index (χ1) is 9.74. The molecule has 1 aromatic rings. The van der Waals surface area contributed by atoms with Crippen molar-refractivity contribution in [3.63, 3.8) is 0 Å². The van der Waals surface area contributed by atoms with Crippen LogP contribution in [0.25, 0.3) is 0 Å². The second kappa shape index (κ2) is 11.4.